The number of rotatable bonds is 6. The van der Waals surface area contributed by atoms with E-state index in [2.05, 4.69) is 67.6 Å². The van der Waals surface area contributed by atoms with Crippen molar-refractivity contribution in [2.75, 3.05) is 31.1 Å². The van der Waals surface area contributed by atoms with Gasteiger partial charge in [0.25, 0.3) is 0 Å². The van der Waals surface area contributed by atoms with Gasteiger partial charge in [-0.15, -0.1) is 0 Å². The first-order valence-corrected chi connectivity index (χ1v) is 14.5. The summed E-state index contributed by atoms with van der Waals surface area (Å²) in [5.74, 6) is 0.229. The van der Waals surface area contributed by atoms with E-state index in [0.29, 0.717) is 6.73 Å². The average Bonchev–Trinajstić information content (AvgIpc) is 3.06. The highest BCUT2D eigenvalue weighted by molar-refractivity contribution is 9.10. The molecule has 4 rings (SSSR count). The maximum atomic E-state index is 12.0. The maximum Gasteiger partial charge on any atom is 0.228 e. The number of halogens is 1. The quantitative estimate of drug-likeness (QED) is 0.400. The first kappa shape index (κ1) is 19.9. The van der Waals surface area contributed by atoms with Crippen LogP contribution in [0.25, 0.3) is 11.0 Å². The zero-order valence-corrected chi connectivity index (χ0v) is 19.5. The van der Waals surface area contributed by atoms with Crippen molar-refractivity contribution in [3.63, 3.8) is 0 Å². The molecule has 2 aliphatic heterocycles. The Balaban J connectivity index is 1.49. The minimum absolute atomic E-state index is 0.120. The van der Waals surface area contributed by atoms with Crippen molar-refractivity contribution < 1.29 is 9.53 Å². The Kier molecular flexibility index (Phi) is 5.31. The number of carbonyl (C=O) groups is 1. The number of pyridine rings is 1. The number of fused-ring (bicyclic) bond motifs is 1. The maximum absolute atomic E-state index is 12.0. The standard InChI is InChI=1S/C20H29BrN4O2Si/c1-28(2,3)11-10-27-14-25-7-4-15-17(16(21)12-22-18(15)25)24-8-5-20(6-9-24)13-23-19(20)26/h4,7,12H,5-6,8-11,13-14H2,1-3H3,(H,23,26). The summed E-state index contributed by atoms with van der Waals surface area (Å²) in [7, 11) is -1.08. The fraction of sp³-hybridized carbons (Fsp3) is 0.600. The first-order chi connectivity index (χ1) is 13.3. The summed E-state index contributed by atoms with van der Waals surface area (Å²) < 4.78 is 9.02. The molecule has 0 aliphatic carbocycles. The molecule has 2 saturated heterocycles. The van der Waals surface area contributed by atoms with Crippen LogP contribution < -0.4 is 10.2 Å². The lowest BCUT2D eigenvalue weighted by atomic mass is 9.72. The van der Waals surface area contributed by atoms with Crippen molar-refractivity contribution >= 4 is 46.6 Å². The van der Waals surface area contributed by atoms with E-state index in [4.69, 9.17) is 4.74 Å². The van der Waals surface area contributed by atoms with Crippen molar-refractivity contribution in [2.45, 2.75) is 45.3 Å². The molecule has 8 heteroatoms. The Morgan fingerprint density at radius 3 is 2.68 bits per heavy atom. The molecular weight excluding hydrogens is 436 g/mol. The van der Waals surface area contributed by atoms with Gasteiger partial charge in [0.15, 0.2) is 0 Å². The Hall–Kier alpha value is -1.38. The third-order valence-electron chi connectivity index (χ3n) is 6.05. The summed E-state index contributed by atoms with van der Waals surface area (Å²) in [4.78, 5) is 19.0. The van der Waals surface area contributed by atoms with Crippen molar-refractivity contribution in [2.24, 2.45) is 5.41 Å². The Morgan fingerprint density at radius 1 is 1.32 bits per heavy atom. The molecule has 0 atom stereocenters. The molecule has 0 radical (unpaired) electrons. The number of amides is 1. The zero-order chi connectivity index (χ0) is 19.9. The van der Waals surface area contributed by atoms with Crippen LogP contribution in [0.2, 0.25) is 25.7 Å². The van der Waals surface area contributed by atoms with Crippen LogP contribution in [0, 0.1) is 5.41 Å². The van der Waals surface area contributed by atoms with E-state index >= 15 is 0 Å². The number of β-lactam (4-membered cyclic amide) rings is 1. The molecule has 2 aromatic heterocycles. The van der Waals surface area contributed by atoms with Crippen molar-refractivity contribution in [1.82, 2.24) is 14.9 Å². The minimum atomic E-state index is -1.08. The number of anilines is 1. The summed E-state index contributed by atoms with van der Waals surface area (Å²) in [6, 6.07) is 3.30. The van der Waals surface area contributed by atoms with Gasteiger partial charge in [0.05, 0.1) is 15.6 Å². The molecule has 2 aliphatic rings. The van der Waals surface area contributed by atoms with E-state index in [0.717, 1.165) is 54.6 Å². The van der Waals surface area contributed by atoms with Crippen LogP contribution in [0.4, 0.5) is 5.69 Å². The molecule has 0 saturated carbocycles. The van der Waals surface area contributed by atoms with Crippen LogP contribution in [0.3, 0.4) is 0 Å². The molecular formula is C20H29BrN4O2Si. The van der Waals surface area contributed by atoms with Crippen LogP contribution in [-0.2, 0) is 16.3 Å². The number of nitrogens with one attached hydrogen (secondary N) is 1. The molecule has 0 unspecified atom stereocenters. The predicted octanol–water partition coefficient (Wildman–Crippen LogP) is 3.83. The number of aromatic nitrogens is 2. The van der Waals surface area contributed by atoms with Gasteiger partial charge in [-0.2, -0.15) is 0 Å². The number of ether oxygens (including phenoxy) is 1. The molecule has 1 amide bonds. The lowest BCUT2D eigenvalue weighted by molar-refractivity contribution is -0.141. The van der Waals surface area contributed by atoms with Crippen molar-refractivity contribution in [3.8, 4) is 0 Å². The normalized spacial score (nSPS) is 19.1. The molecule has 2 fully saturated rings. The van der Waals surface area contributed by atoms with E-state index in [1.807, 2.05) is 6.20 Å². The second-order valence-electron chi connectivity index (χ2n) is 9.28. The van der Waals surface area contributed by atoms with Gasteiger partial charge in [-0.1, -0.05) is 19.6 Å². The highest BCUT2D eigenvalue weighted by Gasteiger charge is 2.48. The van der Waals surface area contributed by atoms with Crippen molar-refractivity contribution in [1.29, 1.82) is 0 Å². The van der Waals surface area contributed by atoms with E-state index < -0.39 is 8.07 Å². The highest BCUT2D eigenvalue weighted by atomic mass is 79.9. The fourth-order valence-corrected chi connectivity index (χ4v) is 5.36. The summed E-state index contributed by atoms with van der Waals surface area (Å²) in [6.07, 6.45) is 5.77. The molecule has 1 N–H and O–H groups in total. The smallest absolute Gasteiger partial charge is 0.228 e. The van der Waals surface area contributed by atoms with Crippen LogP contribution in [0.5, 0.6) is 0 Å². The van der Waals surface area contributed by atoms with Crippen LogP contribution in [-0.4, -0.2) is 49.8 Å². The molecule has 0 bridgehead atoms. The third kappa shape index (κ3) is 3.74. The predicted molar refractivity (Wildman–Crippen MR) is 118 cm³/mol. The first-order valence-electron chi connectivity index (χ1n) is 10.0. The molecule has 28 heavy (non-hydrogen) atoms. The monoisotopic (exact) mass is 464 g/mol. The number of carbonyl (C=O) groups excluding carboxylic acids is 1. The molecule has 0 aromatic carbocycles. The van der Waals surface area contributed by atoms with E-state index in [9.17, 15) is 4.79 Å². The van der Waals surface area contributed by atoms with Crippen molar-refractivity contribution in [3.05, 3.63) is 22.9 Å². The SMILES string of the molecule is C[Si](C)(C)CCOCn1ccc2c(N3CCC4(CC3)CNC4=O)c(Br)cnc21. The number of hydrogen-bond donors (Lipinski definition) is 1. The summed E-state index contributed by atoms with van der Waals surface area (Å²) in [6.45, 7) is 11.0. The molecule has 1 spiro atoms. The molecule has 152 valence electrons. The van der Waals surface area contributed by atoms with Gasteiger partial charge in [-0.05, 0) is 40.9 Å². The Labute approximate surface area is 175 Å². The van der Waals surface area contributed by atoms with Gasteiger partial charge in [0.1, 0.15) is 12.4 Å². The number of hydrogen-bond acceptors (Lipinski definition) is 4. The van der Waals surface area contributed by atoms with Gasteiger partial charge >= 0.3 is 0 Å². The molecule has 4 heterocycles. The highest BCUT2D eigenvalue weighted by Crippen LogP contribution is 2.41. The summed E-state index contributed by atoms with van der Waals surface area (Å²) in [5, 5.41) is 4.05. The second kappa shape index (κ2) is 7.46. The topological polar surface area (TPSA) is 59.4 Å². The van der Waals surface area contributed by atoms with Crippen LogP contribution >= 0.6 is 15.9 Å². The summed E-state index contributed by atoms with van der Waals surface area (Å²) in [5.41, 5.74) is 2.01. The third-order valence-corrected chi connectivity index (χ3v) is 8.33. The van der Waals surface area contributed by atoms with Gasteiger partial charge in [0, 0.05) is 52.1 Å². The molecule has 2 aromatic rings. The van der Waals surface area contributed by atoms with Crippen LogP contribution in [0.1, 0.15) is 12.8 Å². The van der Waals surface area contributed by atoms with E-state index in [-0.39, 0.29) is 11.3 Å². The van der Waals surface area contributed by atoms with Crippen LogP contribution in [0.15, 0.2) is 22.9 Å². The minimum Gasteiger partial charge on any atom is -0.370 e. The second-order valence-corrected chi connectivity index (χ2v) is 15.8. The lowest BCUT2D eigenvalue weighted by Crippen LogP contribution is -2.62. The Morgan fingerprint density at radius 2 is 2.07 bits per heavy atom. The Bertz CT molecular complexity index is 884. The van der Waals surface area contributed by atoms with E-state index in [1.54, 1.807) is 0 Å². The van der Waals surface area contributed by atoms with Gasteiger partial charge in [-0.3, -0.25) is 4.79 Å². The van der Waals surface area contributed by atoms with Gasteiger partial charge in [0.2, 0.25) is 5.91 Å². The zero-order valence-electron chi connectivity index (χ0n) is 16.9. The number of piperidine rings is 1. The summed E-state index contributed by atoms with van der Waals surface area (Å²) >= 11 is 3.70. The molecule has 6 nitrogen and oxygen atoms in total. The lowest BCUT2D eigenvalue weighted by Gasteiger charge is -2.47. The van der Waals surface area contributed by atoms with Gasteiger partial charge in [-0.25, -0.2) is 4.98 Å². The average molecular weight is 465 g/mol. The van der Waals surface area contributed by atoms with E-state index in [1.165, 1.54) is 11.7 Å². The largest absolute Gasteiger partial charge is 0.370 e. The fourth-order valence-electron chi connectivity index (χ4n) is 4.04. The number of nitrogens with zero attached hydrogens (tertiary/aromatic N) is 3. The van der Waals surface area contributed by atoms with Gasteiger partial charge < -0.3 is 19.5 Å².